The predicted molar refractivity (Wildman–Crippen MR) is 104 cm³/mol. The number of anilines is 1. The van der Waals surface area contributed by atoms with Crippen LogP contribution < -0.4 is 4.90 Å². The third kappa shape index (κ3) is 3.23. The molecule has 2 fully saturated rings. The molecule has 1 aliphatic carbocycles. The normalized spacial score (nSPS) is 26.3. The van der Waals surface area contributed by atoms with Gasteiger partial charge in [-0.3, -0.25) is 4.90 Å². The molecular formula is C22H28FN3. The van der Waals surface area contributed by atoms with Crippen molar-refractivity contribution in [3.8, 4) is 0 Å². The van der Waals surface area contributed by atoms with Crippen LogP contribution in [-0.4, -0.2) is 42.1 Å². The minimum absolute atomic E-state index is 0.0838. The Morgan fingerprint density at radius 3 is 2.35 bits per heavy atom. The molecule has 0 spiro atoms. The number of piperazine rings is 1. The van der Waals surface area contributed by atoms with Gasteiger partial charge in [0.25, 0.3) is 0 Å². The molecule has 1 saturated heterocycles. The molecule has 0 radical (unpaired) electrons. The van der Waals surface area contributed by atoms with Crippen molar-refractivity contribution in [3.05, 3.63) is 59.5 Å². The minimum atomic E-state index is -0.0838. The Balaban J connectivity index is 1.44. The van der Waals surface area contributed by atoms with Gasteiger partial charge in [-0.15, -0.1) is 0 Å². The van der Waals surface area contributed by atoms with Crippen LogP contribution >= 0.6 is 0 Å². The van der Waals surface area contributed by atoms with Gasteiger partial charge in [0.2, 0.25) is 0 Å². The molecule has 2 aromatic rings. The Hall–Kier alpha value is -1.94. The van der Waals surface area contributed by atoms with E-state index in [1.807, 2.05) is 18.3 Å². The monoisotopic (exact) mass is 353 g/mol. The highest BCUT2D eigenvalue weighted by Crippen LogP contribution is 2.60. The zero-order valence-electron chi connectivity index (χ0n) is 15.9. The van der Waals surface area contributed by atoms with Gasteiger partial charge in [0.15, 0.2) is 0 Å². The maximum atomic E-state index is 14.1. The van der Waals surface area contributed by atoms with Gasteiger partial charge in [-0.05, 0) is 54.9 Å². The summed E-state index contributed by atoms with van der Waals surface area (Å²) in [6.07, 6.45) is 2.01. The summed E-state index contributed by atoms with van der Waals surface area (Å²) >= 11 is 0. The first kappa shape index (κ1) is 17.5. The van der Waals surface area contributed by atoms with E-state index in [1.54, 1.807) is 12.1 Å². The third-order valence-corrected chi connectivity index (χ3v) is 6.17. The third-order valence-electron chi connectivity index (χ3n) is 6.17. The Morgan fingerprint density at radius 1 is 1.00 bits per heavy atom. The molecule has 4 rings (SSSR count). The van der Waals surface area contributed by atoms with Gasteiger partial charge in [0, 0.05) is 38.4 Å². The molecular weight excluding hydrogens is 325 g/mol. The average molecular weight is 353 g/mol. The molecule has 1 aromatic carbocycles. The zero-order chi connectivity index (χ0) is 18.3. The summed E-state index contributed by atoms with van der Waals surface area (Å²) in [6.45, 7) is 11.0. The highest BCUT2D eigenvalue weighted by atomic mass is 19.1. The van der Waals surface area contributed by atoms with Crippen LogP contribution in [-0.2, 0) is 0 Å². The summed E-state index contributed by atoms with van der Waals surface area (Å²) in [6, 6.07) is 12.1. The van der Waals surface area contributed by atoms with Crippen molar-refractivity contribution < 1.29 is 4.39 Å². The molecule has 1 aromatic heterocycles. The number of rotatable bonds is 4. The molecule has 26 heavy (non-hydrogen) atoms. The van der Waals surface area contributed by atoms with Gasteiger partial charge < -0.3 is 4.90 Å². The maximum absolute atomic E-state index is 14.1. The first-order valence-electron chi connectivity index (χ1n) is 9.75. The fraction of sp³-hybridized carbons (Fsp3) is 0.500. The average Bonchev–Trinajstić information content (AvgIpc) is 3.33. The van der Waals surface area contributed by atoms with Crippen LogP contribution in [0.25, 0.3) is 0 Å². The maximum Gasteiger partial charge on any atom is 0.128 e. The predicted octanol–water partition coefficient (Wildman–Crippen LogP) is 4.27. The fourth-order valence-electron chi connectivity index (χ4n) is 4.44. The van der Waals surface area contributed by atoms with Crippen LogP contribution in [0.15, 0.2) is 42.6 Å². The van der Waals surface area contributed by atoms with Crippen molar-refractivity contribution in [2.24, 2.45) is 5.92 Å². The van der Waals surface area contributed by atoms with E-state index in [0.29, 0.717) is 17.9 Å². The lowest BCUT2D eigenvalue weighted by Crippen LogP contribution is -2.49. The second kappa shape index (κ2) is 6.99. The SMILES string of the molecule is CC(C)N1CCN(c2ccc([C@@H]3C(c4ccccc4F)[C@H]3C)cn2)CC1. The standard InChI is InChI=1S/C22H28FN3/c1-15(2)25-10-12-26(13-11-25)20-9-8-17(14-24-20)21-16(3)22(21)18-6-4-5-7-19(18)23/h4-9,14-16,21-22H,10-13H2,1-3H3/t16-,21+,22?/m0/s1. The number of aromatic nitrogens is 1. The first-order chi connectivity index (χ1) is 12.6. The zero-order valence-corrected chi connectivity index (χ0v) is 15.9. The molecule has 138 valence electrons. The summed E-state index contributed by atoms with van der Waals surface area (Å²) in [5, 5.41) is 0. The van der Waals surface area contributed by atoms with Crippen molar-refractivity contribution >= 4 is 5.82 Å². The summed E-state index contributed by atoms with van der Waals surface area (Å²) in [5.74, 6) is 2.10. The molecule has 1 saturated carbocycles. The van der Waals surface area contributed by atoms with Gasteiger partial charge in [0.1, 0.15) is 11.6 Å². The molecule has 2 heterocycles. The molecule has 3 atom stereocenters. The number of hydrogen-bond acceptors (Lipinski definition) is 3. The van der Waals surface area contributed by atoms with E-state index in [0.717, 1.165) is 37.6 Å². The Labute approximate surface area is 155 Å². The van der Waals surface area contributed by atoms with E-state index < -0.39 is 0 Å². The number of benzene rings is 1. The van der Waals surface area contributed by atoms with Crippen LogP contribution in [0, 0.1) is 11.7 Å². The van der Waals surface area contributed by atoms with Crippen molar-refractivity contribution in [1.82, 2.24) is 9.88 Å². The summed E-state index contributed by atoms with van der Waals surface area (Å²) in [4.78, 5) is 9.61. The van der Waals surface area contributed by atoms with Crippen molar-refractivity contribution in [3.63, 3.8) is 0 Å². The molecule has 0 N–H and O–H groups in total. The van der Waals surface area contributed by atoms with E-state index in [-0.39, 0.29) is 11.7 Å². The Morgan fingerprint density at radius 2 is 1.73 bits per heavy atom. The first-order valence-corrected chi connectivity index (χ1v) is 9.75. The van der Waals surface area contributed by atoms with Crippen molar-refractivity contribution in [2.45, 2.75) is 38.6 Å². The second-order valence-electron chi connectivity index (χ2n) is 8.00. The second-order valence-corrected chi connectivity index (χ2v) is 8.00. The van der Waals surface area contributed by atoms with E-state index in [1.165, 1.54) is 5.56 Å². The van der Waals surface area contributed by atoms with Crippen LogP contribution in [0.1, 0.15) is 43.7 Å². The lowest BCUT2D eigenvalue weighted by Gasteiger charge is -2.37. The highest BCUT2D eigenvalue weighted by Gasteiger charge is 2.49. The lowest BCUT2D eigenvalue weighted by molar-refractivity contribution is 0.209. The largest absolute Gasteiger partial charge is 0.354 e. The Kier molecular flexibility index (Phi) is 4.70. The lowest BCUT2D eigenvalue weighted by atomic mass is 10.1. The van der Waals surface area contributed by atoms with Crippen molar-refractivity contribution in [1.29, 1.82) is 0 Å². The number of pyridine rings is 1. The molecule has 0 amide bonds. The molecule has 1 aliphatic heterocycles. The smallest absolute Gasteiger partial charge is 0.128 e. The minimum Gasteiger partial charge on any atom is -0.354 e. The van der Waals surface area contributed by atoms with Gasteiger partial charge in [-0.1, -0.05) is 31.2 Å². The van der Waals surface area contributed by atoms with Crippen LogP contribution in [0.3, 0.4) is 0 Å². The van der Waals surface area contributed by atoms with E-state index in [9.17, 15) is 4.39 Å². The van der Waals surface area contributed by atoms with Gasteiger partial charge >= 0.3 is 0 Å². The van der Waals surface area contributed by atoms with Gasteiger partial charge in [-0.2, -0.15) is 0 Å². The molecule has 1 unspecified atom stereocenters. The van der Waals surface area contributed by atoms with Gasteiger partial charge in [0.05, 0.1) is 0 Å². The topological polar surface area (TPSA) is 19.4 Å². The number of halogens is 1. The summed E-state index contributed by atoms with van der Waals surface area (Å²) < 4.78 is 14.1. The van der Waals surface area contributed by atoms with Crippen LogP contribution in [0.5, 0.6) is 0 Å². The quantitative estimate of drug-likeness (QED) is 0.818. The fourth-order valence-corrected chi connectivity index (χ4v) is 4.44. The van der Waals surface area contributed by atoms with E-state index >= 15 is 0 Å². The summed E-state index contributed by atoms with van der Waals surface area (Å²) in [7, 11) is 0. The van der Waals surface area contributed by atoms with Gasteiger partial charge in [-0.25, -0.2) is 9.37 Å². The van der Waals surface area contributed by atoms with Crippen LogP contribution in [0.2, 0.25) is 0 Å². The van der Waals surface area contributed by atoms with Crippen molar-refractivity contribution in [2.75, 3.05) is 31.1 Å². The Bertz CT molecular complexity index is 750. The molecule has 4 heteroatoms. The molecule has 2 aliphatic rings. The summed E-state index contributed by atoms with van der Waals surface area (Å²) in [5.41, 5.74) is 2.08. The molecule has 0 bridgehead atoms. The van der Waals surface area contributed by atoms with Crippen LogP contribution in [0.4, 0.5) is 10.2 Å². The molecule has 3 nitrogen and oxygen atoms in total. The van der Waals surface area contributed by atoms with E-state index in [4.69, 9.17) is 4.98 Å². The number of hydrogen-bond donors (Lipinski definition) is 0. The van der Waals surface area contributed by atoms with E-state index in [2.05, 4.69) is 42.7 Å². The highest BCUT2D eigenvalue weighted by molar-refractivity contribution is 5.44. The number of nitrogens with zero attached hydrogens (tertiary/aromatic N) is 3.